The standard InChI is InChI=1S/C29H38N4O7.CH2O2/c1-4-37-15-25(35)33-14-22-21-8-5-9-23-27(21)39-18-29(22,17-33)16-30-24(34)10-6-11-32(12-7-13-38-23)28(36)26-19(2)31-20(3)40-26;2-1-3/h5,8-9,22H,4,6-7,10-18H2,1-3H3,(H,30,34);1H,(H,2,3)/t22-,29+;/m0./s1. The monoisotopic (exact) mass is 600 g/mol. The van der Waals surface area contributed by atoms with Crippen LogP contribution >= 0.6 is 0 Å². The summed E-state index contributed by atoms with van der Waals surface area (Å²) in [6.07, 6.45) is 1.35. The number of amides is 3. The molecule has 6 rings (SSSR count). The van der Waals surface area contributed by atoms with Crippen molar-refractivity contribution in [2.75, 3.05) is 59.2 Å². The van der Waals surface area contributed by atoms with Crippen LogP contribution in [0.3, 0.4) is 0 Å². The van der Waals surface area contributed by atoms with E-state index in [0.717, 1.165) is 5.56 Å². The fraction of sp³-hybridized carbons (Fsp3) is 0.567. The highest BCUT2D eigenvalue weighted by Gasteiger charge is 2.53. The molecule has 1 aromatic heterocycles. The SMILES string of the molecule is CCOCC(=O)N1C[C@H]2c3cccc4c3OC[C@@]2(CNC(=O)CCCN(C(=O)c2oc(C)nc2C)CCCO4)C1.O=CO. The van der Waals surface area contributed by atoms with E-state index in [1.807, 2.05) is 30.0 Å². The first-order valence-electron chi connectivity index (χ1n) is 14.5. The summed E-state index contributed by atoms with van der Waals surface area (Å²) in [5.41, 5.74) is 1.06. The van der Waals surface area contributed by atoms with Gasteiger partial charge in [0.25, 0.3) is 12.4 Å². The lowest BCUT2D eigenvalue weighted by Crippen LogP contribution is -2.48. The number of para-hydroxylation sites is 1. The van der Waals surface area contributed by atoms with Gasteiger partial charge in [0.05, 0.1) is 18.9 Å². The van der Waals surface area contributed by atoms with Gasteiger partial charge >= 0.3 is 0 Å². The minimum atomic E-state index is -0.468. The van der Waals surface area contributed by atoms with Gasteiger partial charge in [0.2, 0.25) is 17.6 Å². The third-order valence-corrected chi connectivity index (χ3v) is 8.00. The van der Waals surface area contributed by atoms with Crippen molar-refractivity contribution < 1.29 is 42.9 Å². The molecular weight excluding hydrogens is 560 g/mol. The number of aromatic nitrogens is 1. The molecule has 0 saturated carbocycles. The van der Waals surface area contributed by atoms with Crippen molar-refractivity contribution in [1.82, 2.24) is 20.1 Å². The number of carboxylic acid groups (broad SMARTS) is 1. The van der Waals surface area contributed by atoms with Crippen molar-refractivity contribution in [3.05, 3.63) is 41.1 Å². The largest absolute Gasteiger partial charge is 0.490 e. The summed E-state index contributed by atoms with van der Waals surface area (Å²) in [6, 6.07) is 5.84. The number of ether oxygens (including phenoxy) is 3. The summed E-state index contributed by atoms with van der Waals surface area (Å²) in [5, 5.41) is 9.99. The molecule has 4 bridgehead atoms. The number of likely N-dealkylation sites (tertiary alicyclic amines) is 1. The molecule has 234 valence electrons. The van der Waals surface area contributed by atoms with Crippen molar-refractivity contribution in [1.29, 1.82) is 0 Å². The molecule has 43 heavy (non-hydrogen) atoms. The van der Waals surface area contributed by atoms with E-state index in [1.54, 1.807) is 18.7 Å². The van der Waals surface area contributed by atoms with Gasteiger partial charge in [0.1, 0.15) is 6.61 Å². The van der Waals surface area contributed by atoms with Crippen molar-refractivity contribution >= 4 is 24.2 Å². The third-order valence-electron chi connectivity index (χ3n) is 8.00. The maximum Gasteiger partial charge on any atom is 0.291 e. The molecule has 4 aliphatic heterocycles. The molecule has 13 heteroatoms. The van der Waals surface area contributed by atoms with Crippen LogP contribution < -0.4 is 14.8 Å². The van der Waals surface area contributed by atoms with Crippen LogP contribution in [0.4, 0.5) is 0 Å². The van der Waals surface area contributed by atoms with Crippen LogP contribution in [0.2, 0.25) is 0 Å². The lowest BCUT2D eigenvalue weighted by molar-refractivity contribution is -0.135. The summed E-state index contributed by atoms with van der Waals surface area (Å²) in [4.78, 5) is 55.3. The Balaban J connectivity index is 0.00000135. The summed E-state index contributed by atoms with van der Waals surface area (Å²) >= 11 is 0. The number of fused-ring (bicyclic) bond motifs is 11. The highest BCUT2D eigenvalue weighted by Crippen LogP contribution is 2.52. The molecule has 1 spiro atoms. The van der Waals surface area contributed by atoms with Crippen LogP contribution in [0.1, 0.15) is 59.8 Å². The predicted octanol–water partition coefficient (Wildman–Crippen LogP) is 2.15. The number of benzene rings is 1. The molecule has 1 saturated heterocycles. The quantitative estimate of drug-likeness (QED) is 0.498. The molecule has 4 aliphatic rings. The van der Waals surface area contributed by atoms with E-state index in [4.69, 9.17) is 28.5 Å². The molecule has 0 aliphatic carbocycles. The normalized spacial score (nSPS) is 21.9. The van der Waals surface area contributed by atoms with E-state index in [2.05, 4.69) is 10.3 Å². The van der Waals surface area contributed by atoms with E-state index in [0.29, 0.717) is 88.5 Å². The van der Waals surface area contributed by atoms with E-state index in [9.17, 15) is 14.4 Å². The molecule has 2 aromatic rings. The van der Waals surface area contributed by atoms with Crippen molar-refractivity contribution in [2.24, 2.45) is 5.41 Å². The number of rotatable bonds is 4. The van der Waals surface area contributed by atoms with E-state index < -0.39 is 5.41 Å². The van der Waals surface area contributed by atoms with Gasteiger partial charge in [-0.15, -0.1) is 0 Å². The predicted molar refractivity (Wildman–Crippen MR) is 153 cm³/mol. The Kier molecular flexibility index (Phi) is 10.6. The van der Waals surface area contributed by atoms with Crippen LogP contribution in [-0.4, -0.2) is 103 Å². The van der Waals surface area contributed by atoms with Crippen molar-refractivity contribution in [2.45, 2.75) is 46.0 Å². The maximum atomic E-state index is 13.3. The van der Waals surface area contributed by atoms with Crippen LogP contribution in [0.15, 0.2) is 22.6 Å². The fourth-order valence-corrected chi connectivity index (χ4v) is 5.95. The fourth-order valence-electron chi connectivity index (χ4n) is 5.95. The van der Waals surface area contributed by atoms with Gasteiger partial charge < -0.3 is 38.9 Å². The van der Waals surface area contributed by atoms with E-state index in [1.165, 1.54) is 0 Å². The zero-order valence-corrected chi connectivity index (χ0v) is 24.9. The first-order chi connectivity index (χ1) is 20.7. The molecule has 13 nitrogen and oxygen atoms in total. The average Bonchev–Trinajstić information content (AvgIpc) is 3.55. The molecule has 3 amide bonds. The zero-order valence-electron chi connectivity index (χ0n) is 24.9. The zero-order chi connectivity index (χ0) is 31.0. The number of oxazole rings is 1. The summed E-state index contributed by atoms with van der Waals surface area (Å²) < 4.78 is 23.5. The van der Waals surface area contributed by atoms with Gasteiger partial charge in [-0.3, -0.25) is 19.2 Å². The molecule has 2 N–H and O–H groups in total. The second-order valence-corrected chi connectivity index (χ2v) is 10.9. The minimum Gasteiger partial charge on any atom is -0.490 e. The molecule has 2 atom stereocenters. The first-order valence-corrected chi connectivity index (χ1v) is 14.5. The molecule has 1 fully saturated rings. The Morgan fingerprint density at radius 2 is 1.98 bits per heavy atom. The van der Waals surface area contributed by atoms with Gasteiger partial charge in [-0.2, -0.15) is 0 Å². The topological polar surface area (TPSA) is 161 Å². The number of nitrogens with one attached hydrogen (secondary N) is 1. The Morgan fingerprint density at radius 1 is 1.21 bits per heavy atom. The Labute approximate surface area is 250 Å². The number of aryl methyl sites for hydroxylation is 2. The van der Waals surface area contributed by atoms with Gasteiger partial charge in [-0.1, -0.05) is 12.1 Å². The van der Waals surface area contributed by atoms with Gasteiger partial charge in [0, 0.05) is 69.6 Å². The number of hydrogen-bond donors (Lipinski definition) is 2. The number of carbonyl (C=O) groups is 4. The Morgan fingerprint density at radius 3 is 2.70 bits per heavy atom. The van der Waals surface area contributed by atoms with E-state index in [-0.39, 0.29) is 48.9 Å². The summed E-state index contributed by atoms with van der Waals surface area (Å²) in [6.45, 7) is 8.54. The lowest BCUT2D eigenvalue weighted by Gasteiger charge is -2.40. The van der Waals surface area contributed by atoms with Gasteiger partial charge in [-0.25, -0.2) is 4.98 Å². The second kappa shape index (κ2) is 14.4. The van der Waals surface area contributed by atoms with Crippen LogP contribution in [0.25, 0.3) is 0 Å². The number of hydrogen-bond acceptors (Lipinski definition) is 9. The molecule has 0 radical (unpaired) electrons. The first kappa shape index (κ1) is 31.8. The van der Waals surface area contributed by atoms with Crippen LogP contribution in [-0.2, 0) is 19.1 Å². The maximum absolute atomic E-state index is 13.3. The molecule has 0 unspecified atom stereocenters. The van der Waals surface area contributed by atoms with Crippen LogP contribution in [0, 0.1) is 19.3 Å². The highest BCUT2D eigenvalue weighted by atomic mass is 16.5. The summed E-state index contributed by atoms with van der Waals surface area (Å²) in [7, 11) is 0. The summed E-state index contributed by atoms with van der Waals surface area (Å²) in [5.74, 6) is 1.58. The van der Waals surface area contributed by atoms with E-state index >= 15 is 0 Å². The molecular formula is C30H40N4O9. The van der Waals surface area contributed by atoms with Gasteiger partial charge in [-0.05, 0) is 32.8 Å². The smallest absolute Gasteiger partial charge is 0.291 e. The molecule has 1 aromatic carbocycles. The third kappa shape index (κ3) is 7.27. The average molecular weight is 601 g/mol. The second-order valence-electron chi connectivity index (χ2n) is 10.9. The number of nitrogens with zero attached hydrogens (tertiary/aromatic N) is 3. The lowest BCUT2D eigenvalue weighted by atomic mass is 9.73. The highest BCUT2D eigenvalue weighted by molar-refractivity contribution is 5.92. The molecule has 5 heterocycles. The van der Waals surface area contributed by atoms with Crippen molar-refractivity contribution in [3.63, 3.8) is 0 Å². The Bertz CT molecular complexity index is 1310. The minimum absolute atomic E-state index is 0.0136. The number of carbonyl (C=O) groups excluding carboxylic acids is 3. The van der Waals surface area contributed by atoms with Gasteiger partial charge in [0.15, 0.2) is 17.4 Å². The van der Waals surface area contributed by atoms with Crippen LogP contribution in [0.5, 0.6) is 11.5 Å². The Hall–Kier alpha value is -4.13. The van der Waals surface area contributed by atoms with Crippen molar-refractivity contribution in [3.8, 4) is 11.5 Å².